The summed E-state index contributed by atoms with van der Waals surface area (Å²) >= 11 is 0. The van der Waals surface area contributed by atoms with Gasteiger partial charge >= 0.3 is 0 Å². The van der Waals surface area contributed by atoms with Crippen LogP contribution < -0.4 is 0 Å². The van der Waals surface area contributed by atoms with E-state index in [1.54, 1.807) is 0 Å². The first-order chi connectivity index (χ1) is 4.74. The van der Waals surface area contributed by atoms with Crippen molar-refractivity contribution in [3.63, 3.8) is 0 Å². The Morgan fingerprint density at radius 2 is 2.18 bits per heavy atom. The third-order valence-electron chi connectivity index (χ3n) is 2.00. The molecule has 0 aliphatic heterocycles. The van der Waals surface area contributed by atoms with Crippen LogP contribution in [0.3, 0.4) is 0 Å². The minimum Gasteiger partial charge on any atom is -0.269 e. The molecule has 1 rings (SSSR count). The molecule has 0 amide bonds. The summed E-state index contributed by atoms with van der Waals surface area (Å²) in [6.07, 6.45) is 7.86. The van der Waals surface area contributed by atoms with Crippen LogP contribution in [-0.4, -0.2) is 0 Å². The summed E-state index contributed by atoms with van der Waals surface area (Å²) in [5, 5.41) is 0. The molecule has 0 saturated heterocycles. The van der Waals surface area contributed by atoms with Crippen LogP contribution >= 0.6 is 0 Å². The number of rotatable bonds is 2. The maximum atomic E-state index is 3.36. The average molecular weight is 314 g/mol. The second-order valence-corrected chi connectivity index (χ2v) is 3.11. The number of hydrogen-bond acceptors (Lipinski definition) is 0. The number of allylic oxidation sites excluding steroid dienone is 4. The molecular weight excluding hydrogens is 299 g/mol. The summed E-state index contributed by atoms with van der Waals surface area (Å²) in [7, 11) is 0. The van der Waals surface area contributed by atoms with E-state index < -0.39 is 0 Å². The molecule has 1 heteroatoms. The molecule has 0 radical (unpaired) electrons. The molecule has 0 saturated carbocycles. The molecule has 0 unspecified atom stereocenters. The molecule has 1 aliphatic rings. The van der Waals surface area contributed by atoms with Gasteiger partial charge in [0.2, 0.25) is 0 Å². The van der Waals surface area contributed by atoms with Gasteiger partial charge in [-0.1, -0.05) is 27.2 Å². The molecule has 0 atom stereocenters. The third-order valence-corrected chi connectivity index (χ3v) is 2.00. The van der Waals surface area contributed by atoms with Gasteiger partial charge in [-0.25, -0.2) is 11.6 Å². The van der Waals surface area contributed by atoms with E-state index in [1.165, 1.54) is 11.1 Å². The van der Waals surface area contributed by atoms with E-state index in [1.807, 2.05) is 0 Å². The largest absolute Gasteiger partial charge is 0.269 e. The zero-order chi connectivity index (χ0) is 7.56. The first-order valence-corrected chi connectivity index (χ1v) is 4.04. The Labute approximate surface area is 88.5 Å². The Kier molecular flexibility index (Phi) is 5.24. The fraction of sp³-hybridized carbons (Fsp3) is 0.600. The van der Waals surface area contributed by atoms with E-state index in [-0.39, 0.29) is 25.8 Å². The molecule has 0 aromatic rings. The third kappa shape index (κ3) is 3.06. The van der Waals surface area contributed by atoms with Crippen molar-refractivity contribution in [2.24, 2.45) is 5.92 Å². The van der Waals surface area contributed by atoms with Crippen LogP contribution in [0.4, 0.5) is 0 Å². The molecule has 0 spiro atoms. The minimum absolute atomic E-state index is 0. The van der Waals surface area contributed by atoms with Crippen LogP contribution in [0.1, 0.15) is 33.6 Å². The fourth-order valence-electron chi connectivity index (χ4n) is 1.14. The molecular formula is C10H15Hf-. The maximum Gasteiger partial charge on any atom is 0 e. The van der Waals surface area contributed by atoms with Gasteiger partial charge in [0.1, 0.15) is 0 Å². The van der Waals surface area contributed by atoms with E-state index in [0.29, 0.717) is 5.92 Å². The van der Waals surface area contributed by atoms with Crippen LogP contribution in [0.5, 0.6) is 0 Å². The Bertz CT molecular complexity index is 175. The SMILES string of the molecule is CCC1=[C-]CC(C(C)C)=C1.[Hf]. The Morgan fingerprint density at radius 3 is 2.45 bits per heavy atom. The van der Waals surface area contributed by atoms with Gasteiger partial charge in [-0.3, -0.25) is 6.08 Å². The monoisotopic (exact) mass is 315 g/mol. The topological polar surface area (TPSA) is 0 Å². The average Bonchev–Trinajstić information content (AvgIpc) is 2.34. The Balaban J connectivity index is 0.000001000. The summed E-state index contributed by atoms with van der Waals surface area (Å²) in [6, 6.07) is 0. The zero-order valence-corrected chi connectivity index (χ0v) is 11.2. The standard InChI is InChI=1S/C10H15.Hf/c1-4-9-5-6-10(7-9)8(2)3;/h7-8H,4,6H2,1-3H3;/q-1;. The Morgan fingerprint density at radius 1 is 1.55 bits per heavy atom. The second-order valence-electron chi connectivity index (χ2n) is 3.11. The van der Waals surface area contributed by atoms with Crippen molar-refractivity contribution < 1.29 is 25.8 Å². The summed E-state index contributed by atoms with van der Waals surface area (Å²) < 4.78 is 0. The van der Waals surface area contributed by atoms with Crippen molar-refractivity contribution in [2.45, 2.75) is 33.6 Å². The first-order valence-electron chi connectivity index (χ1n) is 4.04. The quantitative estimate of drug-likeness (QED) is 0.543. The summed E-state index contributed by atoms with van der Waals surface area (Å²) in [4.78, 5) is 0. The van der Waals surface area contributed by atoms with Crippen molar-refractivity contribution in [1.29, 1.82) is 0 Å². The van der Waals surface area contributed by atoms with Crippen LogP contribution in [-0.2, 0) is 25.8 Å². The van der Waals surface area contributed by atoms with Crippen LogP contribution in [0.2, 0.25) is 0 Å². The fourth-order valence-corrected chi connectivity index (χ4v) is 1.14. The van der Waals surface area contributed by atoms with Gasteiger partial charge in [-0.2, -0.15) is 5.57 Å². The van der Waals surface area contributed by atoms with Gasteiger partial charge < -0.3 is 0 Å². The van der Waals surface area contributed by atoms with E-state index in [4.69, 9.17) is 0 Å². The zero-order valence-electron chi connectivity index (χ0n) is 7.57. The van der Waals surface area contributed by atoms with Crippen molar-refractivity contribution in [1.82, 2.24) is 0 Å². The molecule has 0 bridgehead atoms. The van der Waals surface area contributed by atoms with Crippen LogP contribution in [0, 0.1) is 12.0 Å². The van der Waals surface area contributed by atoms with Crippen LogP contribution in [0.15, 0.2) is 17.2 Å². The van der Waals surface area contributed by atoms with Crippen molar-refractivity contribution in [2.75, 3.05) is 0 Å². The van der Waals surface area contributed by atoms with Gasteiger partial charge in [0.15, 0.2) is 0 Å². The Hall–Kier alpha value is 0.350. The van der Waals surface area contributed by atoms with Crippen molar-refractivity contribution >= 4 is 0 Å². The van der Waals surface area contributed by atoms with Gasteiger partial charge in [0, 0.05) is 25.8 Å². The first kappa shape index (κ1) is 11.4. The van der Waals surface area contributed by atoms with Gasteiger partial charge in [-0.05, 0) is 5.92 Å². The van der Waals surface area contributed by atoms with E-state index in [9.17, 15) is 0 Å². The predicted octanol–water partition coefficient (Wildman–Crippen LogP) is 3.11. The molecule has 0 fully saturated rings. The molecule has 0 N–H and O–H groups in total. The van der Waals surface area contributed by atoms with E-state index in [0.717, 1.165) is 12.8 Å². The minimum atomic E-state index is 0. The molecule has 0 heterocycles. The predicted molar refractivity (Wildman–Crippen MR) is 44.6 cm³/mol. The van der Waals surface area contributed by atoms with E-state index in [2.05, 4.69) is 32.9 Å². The molecule has 0 aromatic carbocycles. The summed E-state index contributed by atoms with van der Waals surface area (Å²) in [5.41, 5.74) is 2.93. The van der Waals surface area contributed by atoms with Gasteiger partial charge in [-0.15, -0.1) is 6.42 Å². The second kappa shape index (κ2) is 5.08. The normalized spacial score (nSPS) is 16.0. The van der Waals surface area contributed by atoms with Gasteiger partial charge in [0.05, 0.1) is 0 Å². The molecule has 1 aliphatic carbocycles. The number of hydrogen-bond donors (Lipinski definition) is 0. The smallest absolute Gasteiger partial charge is 0 e. The van der Waals surface area contributed by atoms with Crippen LogP contribution in [0.25, 0.3) is 0 Å². The van der Waals surface area contributed by atoms with Crippen molar-refractivity contribution in [3.05, 3.63) is 23.3 Å². The molecule has 0 aromatic heterocycles. The summed E-state index contributed by atoms with van der Waals surface area (Å²) in [5.74, 6) is 0.705. The van der Waals surface area contributed by atoms with E-state index >= 15 is 0 Å². The molecule has 60 valence electrons. The molecule has 11 heavy (non-hydrogen) atoms. The molecule has 0 nitrogen and oxygen atoms in total. The maximum absolute atomic E-state index is 3.36. The van der Waals surface area contributed by atoms with Gasteiger partial charge in [0.25, 0.3) is 0 Å². The van der Waals surface area contributed by atoms with Crippen molar-refractivity contribution in [3.8, 4) is 0 Å². The summed E-state index contributed by atoms with van der Waals surface area (Å²) in [6.45, 7) is 6.67.